The summed E-state index contributed by atoms with van der Waals surface area (Å²) in [5.74, 6) is 1.97. The fourth-order valence-electron chi connectivity index (χ4n) is 2.16. The lowest BCUT2D eigenvalue weighted by Crippen LogP contribution is -2.17. The molecule has 2 atom stereocenters. The molecule has 2 saturated carbocycles. The fraction of sp³-hybridized carbons (Fsp3) is 0.818. The maximum absolute atomic E-state index is 6.17. The van der Waals surface area contributed by atoms with E-state index in [1.165, 1.54) is 44.1 Å². The minimum absolute atomic E-state index is 0.280. The van der Waals surface area contributed by atoms with Gasteiger partial charge in [0, 0.05) is 0 Å². The number of allylic oxidation sites excluding steroid dienone is 1. The summed E-state index contributed by atoms with van der Waals surface area (Å²) >= 11 is 6.17. The first kappa shape index (κ1) is 8.62. The van der Waals surface area contributed by atoms with E-state index in [9.17, 15) is 0 Å². The van der Waals surface area contributed by atoms with Crippen LogP contribution in [0.2, 0.25) is 0 Å². The van der Waals surface area contributed by atoms with Gasteiger partial charge in [-0.25, -0.2) is 0 Å². The number of hydrogen-bond acceptors (Lipinski definition) is 0. The zero-order valence-electron chi connectivity index (χ0n) is 7.56. The Kier molecular flexibility index (Phi) is 2.45. The van der Waals surface area contributed by atoms with Crippen molar-refractivity contribution in [2.45, 2.75) is 43.9 Å². The minimum Gasteiger partial charge on any atom is -0.118 e. The van der Waals surface area contributed by atoms with E-state index in [2.05, 4.69) is 6.58 Å². The summed E-state index contributed by atoms with van der Waals surface area (Å²) in [5.41, 5.74) is 1.27. The van der Waals surface area contributed by atoms with Crippen molar-refractivity contribution >= 4 is 11.6 Å². The summed E-state index contributed by atoms with van der Waals surface area (Å²) in [4.78, 5) is 0. The van der Waals surface area contributed by atoms with Gasteiger partial charge in [-0.1, -0.05) is 25.0 Å². The molecule has 2 aliphatic rings. The molecular weight excluding hydrogens is 168 g/mol. The van der Waals surface area contributed by atoms with Crippen LogP contribution in [0.25, 0.3) is 0 Å². The van der Waals surface area contributed by atoms with Crippen LogP contribution < -0.4 is 0 Å². The topological polar surface area (TPSA) is 0 Å². The Morgan fingerprint density at radius 3 is 2.58 bits per heavy atom. The average molecular weight is 185 g/mol. The van der Waals surface area contributed by atoms with Gasteiger partial charge in [0.15, 0.2) is 0 Å². The second-order valence-electron chi connectivity index (χ2n) is 4.45. The first-order chi connectivity index (χ1) is 5.75. The number of alkyl halides is 1. The molecule has 0 saturated heterocycles. The van der Waals surface area contributed by atoms with Crippen LogP contribution in [0, 0.1) is 11.8 Å². The summed E-state index contributed by atoms with van der Waals surface area (Å²) in [5, 5.41) is 0.280. The molecular formula is C11H17Cl. The summed E-state index contributed by atoms with van der Waals surface area (Å²) in [6, 6.07) is 0. The Labute approximate surface area is 80.0 Å². The van der Waals surface area contributed by atoms with E-state index in [1.807, 2.05) is 0 Å². The molecule has 0 N–H and O–H groups in total. The van der Waals surface area contributed by atoms with E-state index in [0.717, 1.165) is 11.8 Å². The highest BCUT2D eigenvalue weighted by Crippen LogP contribution is 2.41. The first-order valence-electron chi connectivity index (χ1n) is 5.07. The minimum atomic E-state index is 0.280. The third kappa shape index (κ3) is 2.04. The van der Waals surface area contributed by atoms with E-state index >= 15 is 0 Å². The molecule has 1 heteroatoms. The summed E-state index contributed by atoms with van der Waals surface area (Å²) in [6.45, 7) is 3.99. The fourth-order valence-corrected chi connectivity index (χ4v) is 2.52. The molecule has 0 aromatic heterocycles. The predicted molar refractivity (Wildman–Crippen MR) is 53.5 cm³/mol. The van der Waals surface area contributed by atoms with Crippen molar-refractivity contribution in [1.82, 2.24) is 0 Å². The van der Waals surface area contributed by atoms with E-state index in [-0.39, 0.29) is 5.38 Å². The van der Waals surface area contributed by atoms with Gasteiger partial charge < -0.3 is 0 Å². The SMILES string of the molecule is C=C1CCC(CC2CC2)CC1Cl. The van der Waals surface area contributed by atoms with Crippen molar-refractivity contribution in [2.24, 2.45) is 11.8 Å². The first-order valence-corrected chi connectivity index (χ1v) is 5.51. The maximum Gasteiger partial charge on any atom is 0.0545 e. The standard InChI is InChI=1S/C11H17Cl/c1-8-2-3-10(7-11(8)12)6-9-4-5-9/h9-11H,1-7H2. The normalized spacial score (nSPS) is 36.9. The molecule has 0 amide bonds. The van der Waals surface area contributed by atoms with Crippen molar-refractivity contribution in [3.8, 4) is 0 Å². The summed E-state index contributed by atoms with van der Waals surface area (Å²) < 4.78 is 0. The molecule has 0 aliphatic heterocycles. The molecule has 0 aromatic rings. The Hall–Kier alpha value is 0.0300. The van der Waals surface area contributed by atoms with Crippen LogP contribution in [0.15, 0.2) is 12.2 Å². The van der Waals surface area contributed by atoms with Crippen molar-refractivity contribution in [1.29, 1.82) is 0 Å². The molecule has 2 aliphatic carbocycles. The Bertz CT molecular complexity index is 181. The molecule has 12 heavy (non-hydrogen) atoms. The third-order valence-corrected chi connectivity index (χ3v) is 3.71. The molecule has 2 fully saturated rings. The van der Waals surface area contributed by atoms with Crippen LogP contribution in [0.3, 0.4) is 0 Å². The average Bonchev–Trinajstić information content (AvgIpc) is 2.81. The van der Waals surface area contributed by atoms with Crippen LogP contribution in [0.5, 0.6) is 0 Å². The van der Waals surface area contributed by atoms with Gasteiger partial charge in [-0.2, -0.15) is 0 Å². The van der Waals surface area contributed by atoms with Gasteiger partial charge in [-0.15, -0.1) is 11.6 Å². The summed E-state index contributed by atoms with van der Waals surface area (Å²) in [6.07, 6.45) is 8.10. The zero-order chi connectivity index (χ0) is 8.55. The van der Waals surface area contributed by atoms with Gasteiger partial charge in [0.2, 0.25) is 0 Å². The molecule has 0 aromatic carbocycles. The predicted octanol–water partition coefficient (Wildman–Crippen LogP) is 3.75. The number of hydrogen-bond donors (Lipinski definition) is 0. The Morgan fingerprint density at radius 1 is 1.25 bits per heavy atom. The Balaban J connectivity index is 1.80. The molecule has 0 nitrogen and oxygen atoms in total. The van der Waals surface area contributed by atoms with Crippen LogP contribution >= 0.6 is 11.6 Å². The van der Waals surface area contributed by atoms with Gasteiger partial charge in [-0.05, 0) is 37.5 Å². The van der Waals surface area contributed by atoms with Crippen LogP contribution in [0.1, 0.15) is 38.5 Å². The van der Waals surface area contributed by atoms with Crippen LogP contribution in [0.4, 0.5) is 0 Å². The highest BCUT2D eigenvalue weighted by Gasteiger charge is 2.29. The van der Waals surface area contributed by atoms with E-state index in [0.29, 0.717) is 0 Å². The highest BCUT2D eigenvalue weighted by atomic mass is 35.5. The number of rotatable bonds is 2. The lowest BCUT2D eigenvalue weighted by molar-refractivity contribution is 0.369. The van der Waals surface area contributed by atoms with Crippen molar-refractivity contribution < 1.29 is 0 Å². The maximum atomic E-state index is 6.17. The second-order valence-corrected chi connectivity index (χ2v) is 4.97. The lowest BCUT2D eigenvalue weighted by atomic mass is 9.83. The molecule has 0 radical (unpaired) electrons. The third-order valence-electron chi connectivity index (χ3n) is 3.22. The monoisotopic (exact) mass is 184 g/mol. The van der Waals surface area contributed by atoms with Gasteiger partial charge in [0.05, 0.1) is 5.38 Å². The smallest absolute Gasteiger partial charge is 0.0545 e. The van der Waals surface area contributed by atoms with Crippen molar-refractivity contribution in [2.75, 3.05) is 0 Å². The van der Waals surface area contributed by atoms with E-state index in [4.69, 9.17) is 11.6 Å². The molecule has 0 bridgehead atoms. The van der Waals surface area contributed by atoms with E-state index < -0.39 is 0 Å². The number of halogens is 1. The zero-order valence-corrected chi connectivity index (χ0v) is 8.32. The molecule has 68 valence electrons. The van der Waals surface area contributed by atoms with Gasteiger partial charge in [0.25, 0.3) is 0 Å². The van der Waals surface area contributed by atoms with Gasteiger partial charge in [0.1, 0.15) is 0 Å². The molecule has 0 spiro atoms. The molecule has 2 unspecified atom stereocenters. The molecule has 2 rings (SSSR count). The van der Waals surface area contributed by atoms with Crippen molar-refractivity contribution in [3.05, 3.63) is 12.2 Å². The van der Waals surface area contributed by atoms with Crippen LogP contribution in [-0.4, -0.2) is 5.38 Å². The quantitative estimate of drug-likeness (QED) is 0.453. The van der Waals surface area contributed by atoms with Crippen molar-refractivity contribution in [3.63, 3.8) is 0 Å². The molecule has 0 heterocycles. The highest BCUT2D eigenvalue weighted by molar-refractivity contribution is 6.22. The van der Waals surface area contributed by atoms with E-state index in [1.54, 1.807) is 0 Å². The van der Waals surface area contributed by atoms with Crippen LogP contribution in [-0.2, 0) is 0 Å². The summed E-state index contributed by atoms with van der Waals surface area (Å²) in [7, 11) is 0. The van der Waals surface area contributed by atoms with Gasteiger partial charge >= 0.3 is 0 Å². The van der Waals surface area contributed by atoms with Gasteiger partial charge in [-0.3, -0.25) is 0 Å². The Morgan fingerprint density at radius 2 is 2.00 bits per heavy atom. The lowest BCUT2D eigenvalue weighted by Gasteiger charge is -2.27. The largest absolute Gasteiger partial charge is 0.118 e. The second kappa shape index (κ2) is 3.41.